The lowest BCUT2D eigenvalue weighted by molar-refractivity contribution is -0.133. The fourth-order valence-electron chi connectivity index (χ4n) is 4.93. The van der Waals surface area contributed by atoms with Crippen LogP contribution in [0.25, 0.3) is 0 Å². The Morgan fingerprint density at radius 3 is 2.44 bits per heavy atom. The zero-order valence-electron chi connectivity index (χ0n) is 19.4. The highest BCUT2D eigenvalue weighted by atomic mass is 16.2. The molecule has 2 aliphatic rings. The number of hydrogen-bond acceptors (Lipinski definition) is 3. The summed E-state index contributed by atoms with van der Waals surface area (Å²) in [6.45, 7) is 3.61. The Kier molecular flexibility index (Phi) is 5.44. The second-order valence-electron chi connectivity index (χ2n) is 9.12. The molecule has 5 rings (SSSR count). The molecule has 3 aromatic carbocycles. The van der Waals surface area contributed by atoms with Crippen LogP contribution in [-0.2, 0) is 28.0 Å². The number of benzene rings is 3. The van der Waals surface area contributed by atoms with Gasteiger partial charge in [0.2, 0.25) is 5.91 Å². The molecule has 1 saturated heterocycles. The van der Waals surface area contributed by atoms with Gasteiger partial charge in [0.15, 0.2) is 5.54 Å². The lowest BCUT2D eigenvalue weighted by atomic mass is 9.81. The average Bonchev–Trinajstić information content (AvgIpc) is 3.39. The lowest BCUT2D eigenvalue weighted by Gasteiger charge is -2.28. The maximum absolute atomic E-state index is 13.8. The van der Waals surface area contributed by atoms with Crippen LogP contribution in [0.5, 0.6) is 0 Å². The van der Waals surface area contributed by atoms with Crippen LogP contribution in [0.3, 0.4) is 0 Å². The van der Waals surface area contributed by atoms with Gasteiger partial charge in [-0.05, 0) is 78.6 Å². The van der Waals surface area contributed by atoms with E-state index >= 15 is 0 Å². The minimum absolute atomic E-state index is 0.360. The third-order valence-electron chi connectivity index (χ3n) is 6.94. The quantitative estimate of drug-likeness (QED) is 0.568. The van der Waals surface area contributed by atoms with E-state index in [-0.39, 0.29) is 6.54 Å². The highest BCUT2D eigenvalue weighted by Crippen LogP contribution is 2.37. The molecule has 1 aliphatic carbocycles. The van der Waals surface area contributed by atoms with Crippen molar-refractivity contribution in [2.75, 3.05) is 11.9 Å². The van der Waals surface area contributed by atoms with Gasteiger partial charge < -0.3 is 10.6 Å². The van der Waals surface area contributed by atoms with Crippen LogP contribution in [-0.4, -0.2) is 29.3 Å². The van der Waals surface area contributed by atoms with E-state index in [1.165, 1.54) is 11.1 Å². The van der Waals surface area contributed by atoms with Crippen molar-refractivity contribution in [1.29, 1.82) is 0 Å². The number of carbonyl (C=O) groups excluding carboxylic acids is 3. The van der Waals surface area contributed by atoms with Gasteiger partial charge in [0.25, 0.3) is 5.91 Å². The topological polar surface area (TPSA) is 78.5 Å². The molecule has 2 N–H and O–H groups in total. The van der Waals surface area contributed by atoms with E-state index in [0.717, 1.165) is 35.3 Å². The van der Waals surface area contributed by atoms with Crippen molar-refractivity contribution < 1.29 is 14.4 Å². The molecule has 6 heteroatoms. The van der Waals surface area contributed by atoms with Crippen LogP contribution < -0.4 is 10.6 Å². The summed E-state index contributed by atoms with van der Waals surface area (Å²) in [6, 6.07) is 20.2. The summed E-state index contributed by atoms with van der Waals surface area (Å²) in [5.74, 6) is -0.874. The van der Waals surface area contributed by atoms with Gasteiger partial charge in [-0.2, -0.15) is 0 Å². The number of imide groups is 1. The number of anilines is 1. The van der Waals surface area contributed by atoms with Gasteiger partial charge in [-0.1, -0.05) is 54.6 Å². The highest BCUT2D eigenvalue weighted by molar-refractivity contribution is 6.12. The number of rotatable bonds is 5. The summed E-state index contributed by atoms with van der Waals surface area (Å²) < 4.78 is 0. The molecule has 0 bridgehead atoms. The third kappa shape index (κ3) is 3.65. The molecule has 0 radical (unpaired) electrons. The van der Waals surface area contributed by atoms with Gasteiger partial charge in [0, 0.05) is 5.69 Å². The fourth-order valence-corrected chi connectivity index (χ4v) is 4.93. The smallest absolute Gasteiger partial charge is 0.325 e. The number of nitrogens with zero attached hydrogens (tertiary/aromatic N) is 1. The number of amides is 4. The number of fused-ring (bicyclic) bond motifs is 1. The Balaban J connectivity index is 1.44. The van der Waals surface area contributed by atoms with Gasteiger partial charge in [-0.3, -0.25) is 14.5 Å². The zero-order chi connectivity index (χ0) is 23.9. The van der Waals surface area contributed by atoms with Crippen LogP contribution in [0.15, 0.2) is 66.7 Å². The Morgan fingerprint density at radius 2 is 1.68 bits per heavy atom. The number of nitrogens with one attached hydrogen (secondary N) is 2. The minimum Gasteiger partial charge on any atom is -0.325 e. The molecule has 1 aliphatic heterocycles. The molecule has 172 valence electrons. The molecule has 1 fully saturated rings. The predicted molar refractivity (Wildman–Crippen MR) is 130 cm³/mol. The summed E-state index contributed by atoms with van der Waals surface area (Å²) in [7, 11) is 0. The maximum Gasteiger partial charge on any atom is 0.326 e. The van der Waals surface area contributed by atoms with E-state index in [4.69, 9.17) is 0 Å². The van der Waals surface area contributed by atoms with Crippen molar-refractivity contribution in [1.82, 2.24) is 10.2 Å². The van der Waals surface area contributed by atoms with Crippen LogP contribution in [0.4, 0.5) is 10.5 Å². The van der Waals surface area contributed by atoms with E-state index < -0.39 is 23.4 Å². The molecule has 0 saturated carbocycles. The standard InChI is InChI=1S/C28H27N3O3/c1-18-11-13-23(15-19(18)2)28(22-9-4-3-5-10-22)26(33)31(27(34)30-28)17-25(32)29-24-14-12-20-7-6-8-21(20)16-24/h3-5,9-16H,6-8,17H2,1-2H3,(H,29,32)(H,30,34)/t28-/m0/s1. The first kappa shape index (κ1) is 21.9. The Hall–Kier alpha value is -3.93. The second kappa shape index (κ2) is 8.45. The first-order chi connectivity index (χ1) is 16.4. The zero-order valence-corrected chi connectivity index (χ0v) is 19.4. The molecule has 1 atom stereocenters. The van der Waals surface area contributed by atoms with Crippen molar-refractivity contribution in [3.05, 3.63) is 100 Å². The van der Waals surface area contributed by atoms with Gasteiger partial charge in [0.1, 0.15) is 6.54 Å². The van der Waals surface area contributed by atoms with Gasteiger partial charge in [0.05, 0.1) is 0 Å². The Labute approximate surface area is 199 Å². The summed E-state index contributed by atoms with van der Waals surface area (Å²) in [5, 5.41) is 5.76. The van der Waals surface area contributed by atoms with E-state index in [0.29, 0.717) is 16.8 Å². The van der Waals surface area contributed by atoms with Crippen LogP contribution in [0, 0.1) is 13.8 Å². The summed E-state index contributed by atoms with van der Waals surface area (Å²) in [5.41, 5.74) is 5.28. The molecule has 0 spiro atoms. The molecular formula is C28H27N3O3. The molecule has 3 aromatic rings. The lowest BCUT2D eigenvalue weighted by Crippen LogP contribution is -2.45. The third-order valence-corrected chi connectivity index (χ3v) is 6.94. The predicted octanol–water partition coefficient (Wildman–Crippen LogP) is 4.23. The number of urea groups is 1. The molecule has 6 nitrogen and oxygen atoms in total. The van der Waals surface area contributed by atoms with E-state index in [2.05, 4.69) is 10.6 Å². The summed E-state index contributed by atoms with van der Waals surface area (Å²) >= 11 is 0. The first-order valence-corrected chi connectivity index (χ1v) is 11.6. The van der Waals surface area contributed by atoms with Crippen molar-refractivity contribution in [3.8, 4) is 0 Å². The largest absolute Gasteiger partial charge is 0.326 e. The van der Waals surface area contributed by atoms with Crippen molar-refractivity contribution in [2.45, 2.75) is 38.6 Å². The molecular weight excluding hydrogens is 426 g/mol. The Bertz CT molecular complexity index is 1300. The van der Waals surface area contributed by atoms with Gasteiger partial charge >= 0.3 is 6.03 Å². The SMILES string of the molecule is Cc1ccc([C@]2(c3ccccc3)NC(=O)N(CC(=O)Nc3ccc4c(c3)CCC4)C2=O)cc1C. The van der Waals surface area contributed by atoms with Gasteiger partial charge in [-0.15, -0.1) is 0 Å². The number of hydrogen-bond donors (Lipinski definition) is 2. The van der Waals surface area contributed by atoms with Crippen LogP contribution in [0.1, 0.15) is 39.8 Å². The second-order valence-corrected chi connectivity index (χ2v) is 9.12. The normalized spacial score (nSPS) is 19.2. The van der Waals surface area contributed by atoms with Crippen LogP contribution >= 0.6 is 0 Å². The average molecular weight is 454 g/mol. The van der Waals surface area contributed by atoms with Crippen LogP contribution in [0.2, 0.25) is 0 Å². The van der Waals surface area contributed by atoms with Crippen molar-refractivity contribution in [2.24, 2.45) is 0 Å². The van der Waals surface area contributed by atoms with E-state index in [1.54, 1.807) is 0 Å². The maximum atomic E-state index is 13.8. The molecule has 34 heavy (non-hydrogen) atoms. The van der Waals surface area contributed by atoms with Gasteiger partial charge in [-0.25, -0.2) is 4.79 Å². The fraction of sp³-hybridized carbons (Fsp3) is 0.250. The van der Waals surface area contributed by atoms with Crippen molar-refractivity contribution in [3.63, 3.8) is 0 Å². The Morgan fingerprint density at radius 1 is 0.912 bits per heavy atom. The number of aryl methyl sites for hydroxylation is 4. The summed E-state index contributed by atoms with van der Waals surface area (Å²) in [4.78, 5) is 40.8. The molecule has 4 amide bonds. The monoisotopic (exact) mass is 453 g/mol. The minimum atomic E-state index is -1.38. The highest BCUT2D eigenvalue weighted by Gasteiger charge is 2.54. The summed E-state index contributed by atoms with van der Waals surface area (Å²) in [6.07, 6.45) is 3.18. The van der Waals surface area contributed by atoms with E-state index in [1.807, 2.05) is 80.6 Å². The molecule has 1 heterocycles. The molecule has 0 aromatic heterocycles. The first-order valence-electron chi connectivity index (χ1n) is 11.6. The number of carbonyl (C=O) groups is 3. The van der Waals surface area contributed by atoms with E-state index in [9.17, 15) is 14.4 Å². The molecule has 0 unspecified atom stereocenters. The van der Waals surface area contributed by atoms with Crippen molar-refractivity contribution >= 4 is 23.5 Å².